The van der Waals surface area contributed by atoms with Crippen LogP contribution in [-0.4, -0.2) is 43.1 Å². The molecule has 1 aromatic rings. The monoisotopic (exact) mass is 254 g/mol. The summed E-state index contributed by atoms with van der Waals surface area (Å²) in [6.45, 7) is 4.91. The van der Waals surface area contributed by atoms with Crippen LogP contribution in [0.15, 0.2) is 17.1 Å². The molecule has 0 saturated heterocycles. The van der Waals surface area contributed by atoms with E-state index >= 15 is 0 Å². The Morgan fingerprint density at radius 3 is 2.89 bits per heavy atom. The molecule has 1 rings (SSSR count). The minimum atomic E-state index is -0.105. The number of nitrogens with zero attached hydrogens (tertiary/aromatic N) is 3. The molecule has 0 aliphatic heterocycles. The number of anilines is 1. The first kappa shape index (κ1) is 14.7. The quantitative estimate of drug-likeness (QED) is 0.664. The van der Waals surface area contributed by atoms with Gasteiger partial charge in [0.2, 0.25) is 0 Å². The smallest absolute Gasteiger partial charge is 0.268 e. The maximum Gasteiger partial charge on any atom is 0.268 e. The topological polar surface area (TPSA) is 73.4 Å². The summed E-state index contributed by atoms with van der Waals surface area (Å²) in [5.41, 5.74) is 6.05. The number of aromatic nitrogens is 2. The van der Waals surface area contributed by atoms with Gasteiger partial charge in [0.1, 0.15) is 0 Å². The zero-order valence-corrected chi connectivity index (χ0v) is 11.1. The highest BCUT2D eigenvalue weighted by molar-refractivity contribution is 5.41. The molecule has 6 nitrogen and oxygen atoms in total. The van der Waals surface area contributed by atoms with Crippen molar-refractivity contribution in [1.82, 2.24) is 9.78 Å². The molecule has 0 aliphatic carbocycles. The average molecular weight is 254 g/mol. The van der Waals surface area contributed by atoms with E-state index in [2.05, 4.69) is 12.0 Å². The van der Waals surface area contributed by atoms with Gasteiger partial charge in [0, 0.05) is 26.2 Å². The fourth-order valence-corrected chi connectivity index (χ4v) is 1.60. The van der Waals surface area contributed by atoms with Gasteiger partial charge in [-0.1, -0.05) is 6.92 Å². The summed E-state index contributed by atoms with van der Waals surface area (Å²) in [7, 11) is 1.95. The van der Waals surface area contributed by atoms with Gasteiger partial charge in [-0.25, -0.2) is 4.68 Å². The van der Waals surface area contributed by atoms with Crippen LogP contribution in [-0.2, 0) is 11.3 Å². The first-order valence-corrected chi connectivity index (χ1v) is 6.25. The maximum absolute atomic E-state index is 11.8. The number of ether oxygens (including phenoxy) is 1. The zero-order valence-electron chi connectivity index (χ0n) is 11.1. The van der Waals surface area contributed by atoms with E-state index in [1.807, 2.05) is 11.9 Å². The fraction of sp³-hybridized carbons (Fsp3) is 0.667. The van der Waals surface area contributed by atoms with Gasteiger partial charge in [-0.05, 0) is 6.42 Å². The Morgan fingerprint density at radius 2 is 2.28 bits per heavy atom. The number of rotatable bonds is 8. The van der Waals surface area contributed by atoms with Crippen molar-refractivity contribution in [3.63, 3.8) is 0 Å². The molecule has 2 N–H and O–H groups in total. The second kappa shape index (κ2) is 7.84. The first-order chi connectivity index (χ1) is 8.69. The Balaban J connectivity index is 2.59. The van der Waals surface area contributed by atoms with Crippen LogP contribution in [0.3, 0.4) is 0 Å². The van der Waals surface area contributed by atoms with Gasteiger partial charge in [-0.15, -0.1) is 0 Å². The Hall–Kier alpha value is -1.40. The lowest BCUT2D eigenvalue weighted by Gasteiger charge is -2.17. The summed E-state index contributed by atoms with van der Waals surface area (Å²) in [6.07, 6.45) is 2.74. The van der Waals surface area contributed by atoms with Crippen molar-refractivity contribution in [2.24, 2.45) is 5.73 Å². The molecular weight excluding hydrogens is 232 g/mol. The molecule has 0 atom stereocenters. The van der Waals surface area contributed by atoms with E-state index < -0.39 is 0 Å². The molecular formula is C12H22N4O2. The van der Waals surface area contributed by atoms with Crippen LogP contribution < -0.4 is 16.2 Å². The van der Waals surface area contributed by atoms with Crippen LogP contribution in [0.4, 0.5) is 5.69 Å². The Kier molecular flexibility index (Phi) is 6.38. The van der Waals surface area contributed by atoms with E-state index in [4.69, 9.17) is 10.5 Å². The summed E-state index contributed by atoms with van der Waals surface area (Å²) < 4.78 is 6.63. The highest BCUT2D eigenvalue weighted by atomic mass is 16.5. The van der Waals surface area contributed by atoms with Crippen LogP contribution in [0, 0.1) is 0 Å². The third kappa shape index (κ3) is 4.46. The van der Waals surface area contributed by atoms with E-state index in [0.717, 1.165) is 18.7 Å². The average Bonchev–Trinajstić information content (AvgIpc) is 2.36. The molecule has 0 saturated carbocycles. The van der Waals surface area contributed by atoms with Crippen LogP contribution in [0.5, 0.6) is 0 Å². The highest BCUT2D eigenvalue weighted by Gasteiger charge is 2.03. The van der Waals surface area contributed by atoms with E-state index in [1.165, 1.54) is 4.68 Å². The van der Waals surface area contributed by atoms with Crippen molar-refractivity contribution in [2.75, 3.05) is 38.3 Å². The molecule has 0 bridgehead atoms. The van der Waals surface area contributed by atoms with Crippen molar-refractivity contribution in [3.05, 3.63) is 22.6 Å². The van der Waals surface area contributed by atoms with Crippen molar-refractivity contribution in [1.29, 1.82) is 0 Å². The molecule has 1 heterocycles. The summed E-state index contributed by atoms with van der Waals surface area (Å²) in [4.78, 5) is 13.8. The largest absolute Gasteiger partial charge is 0.378 e. The molecule has 102 valence electrons. The van der Waals surface area contributed by atoms with Gasteiger partial charge in [0.05, 0.1) is 31.6 Å². The van der Waals surface area contributed by atoms with E-state index in [0.29, 0.717) is 26.3 Å². The Labute approximate surface area is 107 Å². The molecule has 18 heavy (non-hydrogen) atoms. The van der Waals surface area contributed by atoms with E-state index in [-0.39, 0.29) is 5.56 Å². The summed E-state index contributed by atoms with van der Waals surface area (Å²) in [5, 5.41) is 4.13. The van der Waals surface area contributed by atoms with Gasteiger partial charge < -0.3 is 15.4 Å². The van der Waals surface area contributed by atoms with Gasteiger partial charge in [-0.3, -0.25) is 4.79 Å². The second-order valence-electron chi connectivity index (χ2n) is 4.10. The molecule has 0 radical (unpaired) electrons. The molecule has 6 heteroatoms. The van der Waals surface area contributed by atoms with Gasteiger partial charge >= 0.3 is 0 Å². The maximum atomic E-state index is 11.8. The highest BCUT2D eigenvalue weighted by Crippen LogP contribution is 2.06. The molecule has 0 spiro atoms. The van der Waals surface area contributed by atoms with Gasteiger partial charge in [-0.2, -0.15) is 5.10 Å². The van der Waals surface area contributed by atoms with Crippen LogP contribution in [0.25, 0.3) is 0 Å². The normalized spacial score (nSPS) is 10.6. The Morgan fingerprint density at radius 1 is 1.50 bits per heavy atom. The van der Waals surface area contributed by atoms with Crippen LogP contribution in [0.2, 0.25) is 0 Å². The zero-order chi connectivity index (χ0) is 13.4. The minimum absolute atomic E-state index is 0.105. The molecule has 0 aliphatic rings. The van der Waals surface area contributed by atoms with Gasteiger partial charge in [0.15, 0.2) is 0 Å². The number of hydrogen-bond donors (Lipinski definition) is 1. The molecule has 0 amide bonds. The molecule has 0 fully saturated rings. The fourth-order valence-electron chi connectivity index (χ4n) is 1.60. The van der Waals surface area contributed by atoms with Crippen molar-refractivity contribution >= 4 is 5.69 Å². The second-order valence-corrected chi connectivity index (χ2v) is 4.10. The predicted octanol–water partition coefficient (Wildman–Crippen LogP) is 0.0648. The molecule has 0 aromatic carbocycles. The Bertz CT molecular complexity index is 405. The third-order valence-corrected chi connectivity index (χ3v) is 2.56. The number of nitrogens with two attached hydrogens (primary N) is 1. The lowest BCUT2D eigenvalue weighted by atomic mass is 10.3. The lowest BCUT2D eigenvalue weighted by molar-refractivity contribution is 0.129. The first-order valence-electron chi connectivity index (χ1n) is 6.25. The standard InChI is InChI=1S/C12H22N4O2/c1-3-5-15(2)11-9-12(17)16(14-10-11)6-8-18-7-4-13/h9-10H,3-8,13H2,1-2H3. The van der Waals surface area contributed by atoms with Gasteiger partial charge in [0.25, 0.3) is 5.56 Å². The summed E-state index contributed by atoms with van der Waals surface area (Å²) in [5.74, 6) is 0. The summed E-state index contributed by atoms with van der Waals surface area (Å²) >= 11 is 0. The van der Waals surface area contributed by atoms with E-state index in [1.54, 1.807) is 12.3 Å². The van der Waals surface area contributed by atoms with Crippen molar-refractivity contribution in [3.8, 4) is 0 Å². The van der Waals surface area contributed by atoms with Crippen LogP contribution >= 0.6 is 0 Å². The lowest BCUT2D eigenvalue weighted by Crippen LogP contribution is -2.27. The molecule has 1 aromatic heterocycles. The SMILES string of the molecule is CCCN(C)c1cnn(CCOCCN)c(=O)c1. The van der Waals surface area contributed by atoms with E-state index in [9.17, 15) is 4.79 Å². The van der Waals surface area contributed by atoms with Crippen LogP contribution in [0.1, 0.15) is 13.3 Å². The third-order valence-electron chi connectivity index (χ3n) is 2.56. The minimum Gasteiger partial charge on any atom is -0.378 e. The molecule has 0 unspecified atom stereocenters. The van der Waals surface area contributed by atoms with Crippen molar-refractivity contribution in [2.45, 2.75) is 19.9 Å². The number of hydrogen-bond acceptors (Lipinski definition) is 5. The predicted molar refractivity (Wildman–Crippen MR) is 71.9 cm³/mol. The van der Waals surface area contributed by atoms with Crippen molar-refractivity contribution < 1.29 is 4.74 Å². The summed E-state index contributed by atoms with van der Waals surface area (Å²) in [6, 6.07) is 1.60.